The summed E-state index contributed by atoms with van der Waals surface area (Å²) in [5.74, 6) is -1.11. The van der Waals surface area contributed by atoms with E-state index in [2.05, 4.69) is 20.3 Å². The third-order valence-corrected chi connectivity index (χ3v) is 2.82. The Morgan fingerprint density at radius 2 is 2.42 bits per heavy atom. The number of hydrogen-bond acceptors (Lipinski definition) is 4. The van der Waals surface area contributed by atoms with Crippen LogP contribution in [0.15, 0.2) is 23.4 Å². The first kappa shape index (κ1) is 14.9. The summed E-state index contributed by atoms with van der Waals surface area (Å²) in [6.45, 7) is 2.20. The van der Waals surface area contributed by atoms with E-state index in [1.165, 1.54) is 12.1 Å². The van der Waals surface area contributed by atoms with Crippen molar-refractivity contribution >= 4 is 5.91 Å². The molecule has 0 spiro atoms. The number of nitrogens with one attached hydrogen (secondary N) is 1. The molecule has 1 rings (SSSR count). The molecule has 1 aromatic heterocycles. The van der Waals surface area contributed by atoms with Gasteiger partial charge in [0.2, 0.25) is 5.91 Å². The number of nitrogens with two attached hydrogens (primary N) is 1. The molecule has 1 aromatic rings. The third-order valence-electron chi connectivity index (χ3n) is 2.82. The summed E-state index contributed by atoms with van der Waals surface area (Å²) in [6, 6.07) is 2.62. The van der Waals surface area contributed by atoms with E-state index >= 15 is 0 Å². The molecule has 0 radical (unpaired) electrons. The van der Waals surface area contributed by atoms with Gasteiger partial charge in [-0.2, -0.15) is 0 Å². The molecule has 1 heterocycles. The number of carbonyl (C=O) groups is 1. The van der Waals surface area contributed by atoms with E-state index in [1.54, 1.807) is 6.92 Å². The zero-order chi connectivity index (χ0) is 14.3. The zero-order valence-electron chi connectivity index (χ0n) is 10.5. The fourth-order valence-electron chi connectivity index (χ4n) is 1.78. The normalized spacial score (nSPS) is 13.4. The second-order valence-electron chi connectivity index (χ2n) is 3.87. The van der Waals surface area contributed by atoms with Gasteiger partial charge in [0.25, 0.3) is 0 Å². The monoisotopic (exact) mass is 266 g/mol. The first-order valence-corrected chi connectivity index (χ1v) is 5.74. The highest BCUT2D eigenvalue weighted by Gasteiger charge is 2.37. The van der Waals surface area contributed by atoms with Gasteiger partial charge in [0.15, 0.2) is 0 Å². The molecule has 1 atom stereocenters. The molecule has 3 N–H and O–H groups in total. The Morgan fingerprint density at radius 3 is 2.89 bits per heavy atom. The van der Waals surface area contributed by atoms with Crippen molar-refractivity contribution in [1.29, 1.82) is 0 Å². The lowest BCUT2D eigenvalue weighted by Gasteiger charge is -2.30. The number of halogens is 1. The maximum absolute atomic E-state index is 12.9. The first-order chi connectivity index (χ1) is 9.06. The lowest BCUT2D eigenvalue weighted by molar-refractivity contribution is -0.125. The van der Waals surface area contributed by atoms with Gasteiger partial charge in [0.05, 0.1) is 11.9 Å². The molecular formula is C11H15FN6O. The standard InChI is InChI=1S/C11H15FN6O/c1-2-11(10(13)19,16-5-6-17-18-14)9-4-3-8(12)7-15-9/h3-4,7,16H,2,5-6H2,1H3,(H2,13,19). The van der Waals surface area contributed by atoms with Crippen molar-refractivity contribution in [2.24, 2.45) is 10.8 Å². The molecule has 7 nitrogen and oxygen atoms in total. The summed E-state index contributed by atoms with van der Waals surface area (Å²) < 4.78 is 12.9. The fraction of sp³-hybridized carbons (Fsp3) is 0.455. The van der Waals surface area contributed by atoms with Crippen molar-refractivity contribution in [2.45, 2.75) is 18.9 Å². The van der Waals surface area contributed by atoms with Gasteiger partial charge in [-0.1, -0.05) is 12.0 Å². The Kier molecular flexibility index (Phi) is 5.23. The van der Waals surface area contributed by atoms with Crippen LogP contribution in [0.2, 0.25) is 0 Å². The molecule has 0 saturated heterocycles. The van der Waals surface area contributed by atoms with Crippen LogP contribution < -0.4 is 11.1 Å². The second-order valence-corrected chi connectivity index (χ2v) is 3.87. The molecule has 0 aliphatic rings. The number of hydrogen-bond donors (Lipinski definition) is 2. The summed E-state index contributed by atoms with van der Waals surface area (Å²) in [7, 11) is 0. The van der Waals surface area contributed by atoms with E-state index in [4.69, 9.17) is 11.3 Å². The Labute approximate surface area is 109 Å². The number of pyridine rings is 1. The van der Waals surface area contributed by atoms with Crippen LogP contribution in [0.4, 0.5) is 4.39 Å². The van der Waals surface area contributed by atoms with Crippen LogP contribution in [0.3, 0.4) is 0 Å². The van der Waals surface area contributed by atoms with Crippen molar-refractivity contribution < 1.29 is 9.18 Å². The molecule has 1 amide bonds. The minimum Gasteiger partial charge on any atom is -0.368 e. The lowest BCUT2D eigenvalue weighted by atomic mass is 9.90. The number of aromatic nitrogens is 1. The van der Waals surface area contributed by atoms with Crippen LogP contribution in [-0.2, 0) is 10.3 Å². The van der Waals surface area contributed by atoms with E-state index in [0.717, 1.165) is 6.20 Å². The molecule has 0 aliphatic carbocycles. The molecule has 102 valence electrons. The summed E-state index contributed by atoms with van der Waals surface area (Å²) in [5, 5.41) is 6.29. The minimum absolute atomic E-state index is 0.173. The first-order valence-electron chi connectivity index (χ1n) is 5.74. The summed E-state index contributed by atoms with van der Waals surface area (Å²) in [4.78, 5) is 18.2. The van der Waals surface area contributed by atoms with Crippen molar-refractivity contribution in [3.8, 4) is 0 Å². The van der Waals surface area contributed by atoms with Gasteiger partial charge < -0.3 is 5.73 Å². The maximum Gasteiger partial charge on any atom is 0.243 e. The maximum atomic E-state index is 12.9. The molecule has 0 aliphatic heterocycles. The summed E-state index contributed by atoms with van der Waals surface area (Å²) in [5.41, 5.74) is 12.8. The van der Waals surface area contributed by atoms with E-state index in [1.807, 2.05) is 0 Å². The van der Waals surface area contributed by atoms with Gasteiger partial charge in [-0.3, -0.25) is 15.1 Å². The van der Waals surface area contributed by atoms with Crippen LogP contribution in [0.5, 0.6) is 0 Å². The number of amides is 1. The number of carbonyl (C=O) groups excluding carboxylic acids is 1. The lowest BCUT2D eigenvalue weighted by Crippen LogP contribution is -2.53. The number of nitrogens with zero attached hydrogens (tertiary/aromatic N) is 4. The fourth-order valence-corrected chi connectivity index (χ4v) is 1.78. The predicted octanol–water partition coefficient (Wildman–Crippen LogP) is 1.21. The minimum atomic E-state index is -1.20. The number of azide groups is 1. The van der Waals surface area contributed by atoms with Gasteiger partial charge in [-0.05, 0) is 24.1 Å². The highest BCUT2D eigenvalue weighted by Crippen LogP contribution is 2.23. The van der Waals surface area contributed by atoms with Crippen LogP contribution in [0, 0.1) is 5.82 Å². The van der Waals surface area contributed by atoms with E-state index in [9.17, 15) is 9.18 Å². The smallest absolute Gasteiger partial charge is 0.243 e. The van der Waals surface area contributed by atoms with Gasteiger partial charge in [0.1, 0.15) is 11.4 Å². The molecule has 0 saturated carbocycles. The average molecular weight is 266 g/mol. The Balaban J connectivity index is 3.01. The highest BCUT2D eigenvalue weighted by molar-refractivity contribution is 5.85. The Bertz CT molecular complexity index is 484. The van der Waals surface area contributed by atoms with Crippen molar-refractivity contribution in [3.05, 3.63) is 40.3 Å². The largest absolute Gasteiger partial charge is 0.368 e. The molecule has 1 unspecified atom stereocenters. The van der Waals surface area contributed by atoms with Crippen molar-refractivity contribution in [2.75, 3.05) is 13.1 Å². The van der Waals surface area contributed by atoms with Gasteiger partial charge >= 0.3 is 0 Å². The third kappa shape index (κ3) is 3.40. The molecular weight excluding hydrogens is 251 g/mol. The predicted molar refractivity (Wildman–Crippen MR) is 67.4 cm³/mol. The van der Waals surface area contributed by atoms with Crippen molar-refractivity contribution in [1.82, 2.24) is 10.3 Å². The topological polar surface area (TPSA) is 117 Å². The number of primary amides is 1. The van der Waals surface area contributed by atoms with E-state index < -0.39 is 17.3 Å². The average Bonchev–Trinajstić information content (AvgIpc) is 2.40. The van der Waals surface area contributed by atoms with Crippen LogP contribution >= 0.6 is 0 Å². The molecule has 8 heteroatoms. The SMILES string of the molecule is CCC(NCCN=[N+]=[N-])(C(N)=O)c1ccc(F)cn1. The summed E-state index contributed by atoms with van der Waals surface area (Å²) in [6.07, 6.45) is 1.37. The highest BCUT2D eigenvalue weighted by atomic mass is 19.1. The second kappa shape index (κ2) is 6.67. The Hall–Kier alpha value is -2.18. The van der Waals surface area contributed by atoms with Crippen LogP contribution in [-0.4, -0.2) is 24.0 Å². The van der Waals surface area contributed by atoms with Crippen LogP contribution in [0.1, 0.15) is 19.0 Å². The Morgan fingerprint density at radius 1 is 1.68 bits per heavy atom. The molecule has 0 bridgehead atoms. The van der Waals surface area contributed by atoms with Crippen molar-refractivity contribution in [3.63, 3.8) is 0 Å². The van der Waals surface area contributed by atoms with Gasteiger partial charge in [0, 0.05) is 18.0 Å². The molecule has 0 aromatic carbocycles. The molecule has 19 heavy (non-hydrogen) atoms. The zero-order valence-corrected chi connectivity index (χ0v) is 10.5. The van der Waals surface area contributed by atoms with Gasteiger partial charge in [-0.25, -0.2) is 4.39 Å². The number of rotatable bonds is 7. The van der Waals surface area contributed by atoms with E-state index in [0.29, 0.717) is 12.1 Å². The van der Waals surface area contributed by atoms with Crippen LogP contribution in [0.25, 0.3) is 10.4 Å². The summed E-state index contributed by atoms with van der Waals surface area (Å²) >= 11 is 0. The van der Waals surface area contributed by atoms with Gasteiger partial charge in [-0.15, -0.1) is 0 Å². The van der Waals surface area contributed by atoms with E-state index in [-0.39, 0.29) is 13.1 Å². The quantitative estimate of drug-likeness (QED) is 0.334. The molecule has 0 fully saturated rings.